The van der Waals surface area contributed by atoms with E-state index >= 15 is 0 Å². The minimum Gasteiger partial charge on any atom is -0.487 e. The highest BCUT2D eigenvalue weighted by Crippen LogP contribution is 2.28. The molecule has 0 spiro atoms. The van der Waals surface area contributed by atoms with Crippen LogP contribution in [-0.4, -0.2) is 0 Å². The number of nitrogens with zero attached hydrogens (tertiary/aromatic N) is 1. The second kappa shape index (κ2) is 8.71. The number of nitriles is 1. The summed E-state index contributed by atoms with van der Waals surface area (Å²) in [5, 5.41) is 9.97. The van der Waals surface area contributed by atoms with Crippen molar-refractivity contribution in [2.24, 2.45) is 0 Å². The fourth-order valence-corrected chi connectivity index (χ4v) is 2.94. The van der Waals surface area contributed by atoms with Crippen molar-refractivity contribution in [3.05, 3.63) is 99.0 Å². The summed E-state index contributed by atoms with van der Waals surface area (Å²) in [4.78, 5) is 0. The summed E-state index contributed by atoms with van der Waals surface area (Å²) in [5.41, 5.74) is 3.36. The Hall–Kier alpha value is -2.54. The molecule has 26 heavy (non-hydrogen) atoms. The van der Waals surface area contributed by atoms with Gasteiger partial charge in [0, 0.05) is 4.47 Å². The van der Waals surface area contributed by atoms with Gasteiger partial charge in [0.25, 0.3) is 0 Å². The molecule has 0 radical (unpaired) electrons. The quantitative estimate of drug-likeness (QED) is 0.335. The molecule has 0 bridgehead atoms. The van der Waals surface area contributed by atoms with Gasteiger partial charge in [0.05, 0.1) is 16.7 Å². The van der Waals surface area contributed by atoms with Crippen LogP contribution in [-0.2, 0) is 6.61 Å². The lowest BCUT2D eigenvalue weighted by molar-refractivity contribution is 0.306. The van der Waals surface area contributed by atoms with Crippen LogP contribution in [0.2, 0.25) is 5.02 Å². The van der Waals surface area contributed by atoms with E-state index < -0.39 is 0 Å². The van der Waals surface area contributed by atoms with E-state index in [-0.39, 0.29) is 0 Å². The van der Waals surface area contributed by atoms with E-state index in [2.05, 4.69) is 22.0 Å². The van der Waals surface area contributed by atoms with Crippen molar-refractivity contribution in [3.8, 4) is 11.8 Å². The smallest absolute Gasteiger partial charge is 0.138 e. The van der Waals surface area contributed by atoms with Gasteiger partial charge in [-0.2, -0.15) is 5.26 Å². The van der Waals surface area contributed by atoms with Crippen molar-refractivity contribution in [2.75, 3.05) is 0 Å². The zero-order chi connectivity index (χ0) is 18.4. The third kappa shape index (κ3) is 4.76. The van der Waals surface area contributed by atoms with E-state index in [0.29, 0.717) is 23.0 Å². The van der Waals surface area contributed by atoms with Crippen LogP contribution in [0.1, 0.15) is 16.7 Å². The Balaban J connectivity index is 1.78. The molecule has 0 aliphatic heterocycles. The lowest BCUT2D eigenvalue weighted by Gasteiger charge is -2.09. The van der Waals surface area contributed by atoms with Gasteiger partial charge < -0.3 is 4.74 Å². The van der Waals surface area contributed by atoms with Gasteiger partial charge in [0.15, 0.2) is 0 Å². The van der Waals surface area contributed by atoms with Gasteiger partial charge in [-0.1, -0.05) is 76.1 Å². The number of allylic oxidation sites excluding steroid dienone is 1. The fourth-order valence-electron chi connectivity index (χ4n) is 2.44. The van der Waals surface area contributed by atoms with E-state index in [4.69, 9.17) is 16.3 Å². The van der Waals surface area contributed by atoms with E-state index in [1.165, 1.54) is 0 Å². The summed E-state index contributed by atoms with van der Waals surface area (Å²) < 4.78 is 6.76. The molecule has 0 atom stereocenters. The maximum atomic E-state index is 9.46. The first-order chi connectivity index (χ1) is 12.7. The molecule has 2 nitrogen and oxygen atoms in total. The molecule has 0 saturated carbocycles. The zero-order valence-corrected chi connectivity index (χ0v) is 16.2. The third-order valence-corrected chi connectivity index (χ3v) is 4.60. The Morgan fingerprint density at radius 2 is 1.77 bits per heavy atom. The molecule has 0 unspecified atom stereocenters. The Morgan fingerprint density at radius 1 is 1.04 bits per heavy atom. The molecule has 0 saturated heterocycles. The first-order valence-corrected chi connectivity index (χ1v) is 9.17. The van der Waals surface area contributed by atoms with Crippen LogP contribution in [0.15, 0.2) is 77.3 Å². The first-order valence-electron chi connectivity index (χ1n) is 8.00. The number of hydrogen-bond acceptors (Lipinski definition) is 2. The van der Waals surface area contributed by atoms with Crippen LogP contribution >= 0.6 is 27.5 Å². The standard InChI is InChI=1S/C22H15BrClNO/c23-20-9-7-18(8-10-20)19(14-25)12-17-6-11-22(21(24)13-17)26-15-16-4-2-1-3-5-16/h1-13H,15H2/b19-12+. The van der Waals surface area contributed by atoms with Crippen molar-refractivity contribution in [1.82, 2.24) is 0 Å². The molecule has 0 aromatic heterocycles. The number of benzene rings is 3. The van der Waals surface area contributed by atoms with Gasteiger partial charge in [-0.3, -0.25) is 0 Å². The number of hydrogen-bond donors (Lipinski definition) is 0. The maximum absolute atomic E-state index is 9.46. The second-order valence-corrected chi connectivity index (χ2v) is 6.96. The topological polar surface area (TPSA) is 33.0 Å². The molecular weight excluding hydrogens is 410 g/mol. The molecule has 3 aromatic carbocycles. The third-order valence-electron chi connectivity index (χ3n) is 3.78. The summed E-state index contributed by atoms with van der Waals surface area (Å²) in [6.45, 7) is 0.456. The van der Waals surface area contributed by atoms with Crippen molar-refractivity contribution >= 4 is 39.2 Å². The van der Waals surface area contributed by atoms with E-state index in [0.717, 1.165) is 21.2 Å². The highest BCUT2D eigenvalue weighted by Gasteiger charge is 2.05. The van der Waals surface area contributed by atoms with Crippen molar-refractivity contribution in [2.45, 2.75) is 6.61 Å². The Morgan fingerprint density at radius 3 is 2.42 bits per heavy atom. The van der Waals surface area contributed by atoms with Crippen LogP contribution in [0.25, 0.3) is 11.6 Å². The number of halogens is 2. The van der Waals surface area contributed by atoms with Gasteiger partial charge in [-0.15, -0.1) is 0 Å². The molecule has 3 aromatic rings. The van der Waals surface area contributed by atoms with Crippen LogP contribution < -0.4 is 4.74 Å². The largest absolute Gasteiger partial charge is 0.487 e. The Bertz CT molecular complexity index is 960. The van der Waals surface area contributed by atoms with Gasteiger partial charge in [-0.05, 0) is 47.0 Å². The molecule has 3 rings (SSSR count). The molecule has 0 N–H and O–H groups in total. The zero-order valence-electron chi connectivity index (χ0n) is 13.8. The van der Waals surface area contributed by atoms with E-state index in [9.17, 15) is 5.26 Å². The van der Waals surface area contributed by atoms with E-state index in [1.807, 2.05) is 72.8 Å². The Kier molecular flexibility index (Phi) is 6.12. The molecule has 0 aliphatic rings. The van der Waals surface area contributed by atoms with Crippen LogP contribution in [0.3, 0.4) is 0 Å². The predicted octanol–water partition coefficient (Wildman–Crippen LogP) is 6.75. The molecular formula is C22H15BrClNO. The second-order valence-electron chi connectivity index (χ2n) is 5.64. The highest BCUT2D eigenvalue weighted by atomic mass is 79.9. The molecule has 0 aliphatic carbocycles. The van der Waals surface area contributed by atoms with Gasteiger partial charge in [0.2, 0.25) is 0 Å². The van der Waals surface area contributed by atoms with E-state index in [1.54, 1.807) is 6.07 Å². The monoisotopic (exact) mass is 423 g/mol. The first kappa shape index (κ1) is 18.3. The van der Waals surface area contributed by atoms with Crippen molar-refractivity contribution in [3.63, 3.8) is 0 Å². The predicted molar refractivity (Wildman–Crippen MR) is 110 cm³/mol. The molecule has 0 fully saturated rings. The number of rotatable bonds is 5. The van der Waals surface area contributed by atoms with Crippen LogP contribution in [0.4, 0.5) is 0 Å². The summed E-state index contributed by atoms with van der Waals surface area (Å²) in [6, 6.07) is 25.3. The molecule has 0 heterocycles. The summed E-state index contributed by atoms with van der Waals surface area (Å²) in [6.07, 6.45) is 1.82. The molecule has 128 valence electrons. The molecule has 0 amide bonds. The van der Waals surface area contributed by atoms with Gasteiger partial charge in [0.1, 0.15) is 12.4 Å². The summed E-state index contributed by atoms with van der Waals surface area (Å²) >= 11 is 9.74. The Labute approximate surface area is 166 Å². The summed E-state index contributed by atoms with van der Waals surface area (Å²) in [5.74, 6) is 0.620. The van der Waals surface area contributed by atoms with Crippen molar-refractivity contribution in [1.29, 1.82) is 5.26 Å². The average molecular weight is 425 g/mol. The molecule has 4 heteroatoms. The van der Waals surface area contributed by atoms with Crippen LogP contribution in [0.5, 0.6) is 5.75 Å². The minimum absolute atomic E-state index is 0.456. The maximum Gasteiger partial charge on any atom is 0.138 e. The van der Waals surface area contributed by atoms with Gasteiger partial charge >= 0.3 is 0 Å². The highest BCUT2D eigenvalue weighted by molar-refractivity contribution is 9.10. The van der Waals surface area contributed by atoms with Crippen LogP contribution in [0, 0.1) is 11.3 Å². The fraction of sp³-hybridized carbons (Fsp3) is 0.0455. The van der Waals surface area contributed by atoms with Gasteiger partial charge in [-0.25, -0.2) is 0 Å². The normalized spacial score (nSPS) is 11.0. The van der Waals surface area contributed by atoms with Crippen molar-refractivity contribution < 1.29 is 4.74 Å². The summed E-state index contributed by atoms with van der Waals surface area (Å²) in [7, 11) is 0. The number of ether oxygens (including phenoxy) is 1. The lowest BCUT2D eigenvalue weighted by atomic mass is 10.0. The lowest BCUT2D eigenvalue weighted by Crippen LogP contribution is -1.95. The minimum atomic E-state index is 0.456. The average Bonchev–Trinajstić information content (AvgIpc) is 2.67. The SMILES string of the molecule is N#C/C(=C\c1ccc(OCc2ccccc2)c(Cl)c1)c1ccc(Br)cc1.